The number of methoxy groups -OCH3 is 3. The Balaban J connectivity index is 1.65. The Labute approximate surface area is 153 Å². The smallest absolute Gasteiger partial charge is 0.321 e. The lowest BCUT2D eigenvalue weighted by Gasteiger charge is -2.43. The van der Waals surface area contributed by atoms with Crippen molar-refractivity contribution in [3.8, 4) is 17.2 Å². The number of urea groups is 1. The molecule has 1 aromatic carbocycles. The molecular formula is C18H26N2O6. The van der Waals surface area contributed by atoms with Crippen LogP contribution < -0.4 is 19.5 Å². The molecule has 144 valence electrons. The molecule has 2 fully saturated rings. The van der Waals surface area contributed by atoms with Gasteiger partial charge in [0.15, 0.2) is 17.3 Å². The number of nitrogens with one attached hydrogen (secondary N) is 1. The summed E-state index contributed by atoms with van der Waals surface area (Å²) in [6, 6.07) is 3.24. The number of likely N-dealkylation sites (tertiary alicyclic amines) is 1. The zero-order chi connectivity index (χ0) is 18.6. The van der Waals surface area contributed by atoms with Gasteiger partial charge in [0.1, 0.15) is 0 Å². The Kier molecular flexibility index (Phi) is 5.73. The quantitative estimate of drug-likeness (QED) is 0.882. The van der Waals surface area contributed by atoms with E-state index in [4.69, 9.17) is 23.7 Å². The molecule has 2 amide bonds. The number of nitrogens with zero attached hydrogens (tertiary/aromatic N) is 1. The minimum absolute atomic E-state index is 0.176. The highest BCUT2D eigenvalue weighted by Gasteiger charge is 2.39. The fourth-order valence-corrected chi connectivity index (χ4v) is 3.31. The molecule has 1 N–H and O–H groups in total. The van der Waals surface area contributed by atoms with Crippen LogP contribution in [-0.2, 0) is 9.47 Å². The maximum Gasteiger partial charge on any atom is 0.321 e. The van der Waals surface area contributed by atoms with Gasteiger partial charge in [-0.15, -0.1) is 0 Å². The fraction of sp³-hybridized carbons (Fsp3) is 0.611. The van der Waals surface area contributed by atoms with E-state index in [9.17, 15) is 4.79 Å². The molecule has 0 saturated carbocycles. The Bertz CT molecular complexity index is 610. The van der Waals surface area contributed by atoms with Crippen LogP contribution in [0.25, 0.3) is 0 Å². The molecule has 8 heteroatoms. The third-order valence-electron chi connectivity index (χ3n) is 4.75. The van der Waals surface area contributed by atoms with Crippen molar-refractivity contribution in [2.24, 2.45) is 0 Å². The second kappa shape index (κ2) is 8.01. The summed E-state index contributed by atoms with van der Waals surface area (Å²) in [6.45, 7) is 2.60. The molecule has 2 aliphatic rings. The van der Waals surface area contributed by atoms with E-state index in [1.807, 2.05) is 0 Å². The first-order chi connectivity index (χ1) is 12.6. The topological polar surface area (TPSA) is 78.5 Å². The summed E-state index contributed by atoms with van der Waals surface area (Å²) < 4.78 is 27.6. The molecule has 0 aliphatic carbocycles. The van der Waals surface area contributed by atoms with Crippen LogP contribution in [0.3, 0.4) is 0 Å². The number of rotatable bonds is 4. The average Bonchev–Trinajstić information content (AvgIpc) is 2.68. The van der Waals surface area contributed by atoms with E-state index in [2.05, 4.69) is 5.32 Å². The second-order valence-electron chi connectivity index (χ2n) is 6.29. The first-order valence-electron chi connectivity index (χ1n) is 8.74. The number of anilines is 1. The summed E-state index contributed by atoms with van der Waals surface area (Å²) in [5.41, 5.74) is 0.579. The molecule has 2 saturated heterocycles. The van der Waals surface area contributed by atoms with Crippen LogP contribution in [0.5, 0.6) is 17.2 Å². The first kappa shape index (κ1) is 18.6. The predicted octanol–water partition coefficient (Wildman–Crippen LogP) is 2.47. The number of benzene rings is 1. The van der Waals surface area contributed by atoms with Gasteiger partial charge < -0.3 is 33.9 Å². The standard InChI is InChI=1S/C18H26N2O6/c1-22-14-11-13(12-15(23-2)16(14)24-3)19-17(21)20-7-5-18(6-8-20)25-9-4-10-26-18/h11-12H,4-10H2,1-3H3,(H,19,21). The van der Waals surface area contributed by atoms with E-state index in [0.717, 1.165) is 19.6 Å². The molecule has 0 aromatic heterocycles. The minimum atomic E-state index is -0.512. The van der Waals surface area contributed by atoms with Gasteiger partial charge >= 0.3 is 6.03 Å². The van der Waals surface area contributed by atoms with Crippen LogP contribution >= 0.6 is 0 Å². The monoisotopic (exact) mass is 366 g/mol. The molecule has 3 rings (SSSR count). The lowest BCUT2D eigenvalue weighted by atomic mass is 10.0. The molecule has 0 atom stereocenters. The number of carbonyl (C=O) groups is 1. The molecule has 0 bridgehead atoms. The van der Waals surface area contributed by atoms with E-state index in [-0.39, 0.29) is 6.03 Å². The molecule has 0 unspecified atom stereocenters. The fourth-order valence-electron chi connectivity index (χ4n) is 3.31. The maximum atomic E-state index is 12.6. The molecule has 1 aromatic rings. The average molecular weight is 366 g/mol. The zero-order valence-corrected chi connectivity index (χ0v) is 15.5. The summed E-state index contributed by atoms with van der Waals surface area (Å²) in [4.78, 5) is 14.4. The molecule has 0 radical (unpaired) electrons. The Morgan fingerprint density at radius 2 is 1.62 bits per heavy atom. The Morgan fingerprint density at radius 3 is 2.12 bits per heavy atom. The molecule has 26 heavy (non-hydrogen) atoms. The van der Waals surface area contributed by atoms with Crippen LogP contribution in [-0.4, -0.2) is 64.4 Å². The van der Waals surface area contributed by atoms with Crippen molar-refractivity contribution in [1.29, 1.82) is 0 Å². The van der Waals surface area contributed by atoms with Crippen LogP contribution in [0.4, 0.5) is 10.5 Å². The highest BCUT2D eigenvalue weighted by Crippen LogP contribution is 2.40. The van der Waals surface area contributed by atoms with E-state index >= 15 is 0 Å². The van der Waals surface area contributed by atoms with Gasteiger partial charge in [0.2, 0.25) is 5.75 Å². The van der Waals surface area contributed by atoms with Gasteiger partial charge in [-0.2, -0.15) is 0 Å². The van der Waals surface area contributed by atoms with Crippen LogP contribution in [0, 0.1) is 0 Å². The van der Waals surface area contributed by atoms with Gasteiger partial charge in [0.05, 0.1) is 40.2 Å². The van der Waals surface area contributed by atoms with Gasteiger partial charge in [-0.25, -0.2) is 4.79 Å². The van der Waals surface area contributed by atoms with Gasteiger partial charge in [0, 0.05) is 38.1 Å². The van der Waals surface area contributed by atoms with Crippen molar-refractivity contribution in [3.05, 3.63) is 12.1 Å². The summed E-state index contributed by atoms with van der Waals surface area (Å²) in [7, 11) is 4.62. The lowest BCUT2D eigenvalue weighted by molar-refractivity contribution is -0.281. The number of hydrogen-bond acceptors (Lipinski definition) is 6. The lowest BCUT2D eigenvalue weighted by Crippen LogP contribution is -2.52. The number of carbonyl (C=O) groups excluding carboxylic acids is 1. The van der Waals surface area contributed by atoms with E-state index < -0.39 is 5.79 Å². The first-order valence-corrected chi connectivity index (χ1v) is 8.74. The molecular weight excluding hydrogens is 340 g/mol. The Hall–Kier alpha value is -2.19. The highest BCUT2D eigenvalue weighted by atomic mass is 16.7. The summed E-state index contributed by atoms with van der Waals surface area (Å²) >= 11 is 0. The van der Waals surface area contributed by atoms with Crippen molar-refractivity contribution in [2.45, 2.75) is 25.0 Å². The zero-order valence-electron chi connectivity index (χ0n) is 15.5. The van der Waals surface area contributed by atoms with Crippen LogP contribution in [0.2, 0.25) is 0 Å². The van der Waals surface area contributed by atoms with E-state index in [0.29, 0.717) is 48.9 Å². The Morgan fingerprint density at radius 1 is 1.04 bits per heavy atom. The summed E-state index contributed by atoms with van der Waals surface area (Å²) in [6.07, 6.45) is 2.28. The number of ether oxygens (including phenoxy) is 5. The van der Waals surface area contributed by atoms with Crippen molar-refractivity contribution >= 4 is 11.7 Å². The normalized spacial score (nSPS) is 19.1. The van der Waals surface area contributed by atoms with Gasteiger partial charge in [-0.1, -0.05) is 0 Å². The summed E-state index contributed by atoms with van der Waals surface area (Å²) in [5, 5.41) is 2.89. The van der Waals surface area contributed by atoms with Crippen LogP contribution in [0.15, 0.2) is 12.1 Å². The van der Waals surface area contributed by atoms with Gasteiger partial charge in [-0.3, -0.25) is 0 Å². The highest BCUT2D eigenvalue weighted by molar-refractivity contribution is 5.90. The third kappa shape index (κ3) is 3.81. The predicted molar refractivity (Wildman–Crippen MR) is 95.2 cm³/mol. The minimum Gasteiger partial charge on any atom is -0.493 e. The van der Waals surface area contributed by atoms with Crippen molar-refractivity contribution in [3.63, 3.8) is 0 Å². The summed E-state index contributed by atoms with van der Waals surface area (Å²) in [5.74, 6) is 0.953. The SMILES string of the molecule is COc1cc(NC(=O)N2CCC3(CC2)OCCCO3)cc(OC)c1OC. The van der Waals surface area contributed by atoms with Crippen molar-refractivity contribution in [1.82, 2.24) is 4.90 Å². The van der Waals surface area contributed by atoms with E-state index in [1.165, 1.54) is 21.3 Å². The number of piperidine rings is 1. The largest absolute Gasteiger partial charge is 0.493 e. The molecule has 1 spiro atoms. The number of amides is 2. The molecule has 8 nitrogen and oxygen atoms in total. The van der Waals surface area contributed by atoms with Crippen LogP contribution in [0.1, 0.15) is 19.3 Å². The van der Waals surface area contributed by atoms with Crippen molar-refractivity contribution < 1.29 is 28.5 Å². The molecule has 2 aliphatic heterocycles. The van der Waals surface area contributed by atoms with Gasteiger partial charge in [0.25, 0.3) is 0 Å². The maximum absolute atomic E-state index is 12.6. The second-order valence-corrected chi connectivity index (χ2v) is 6.29. The third-order valence-corrected chi connectivity index (χ3v) is 4.75. The van der Waals surface area contributed by atoms with Crippen molar-refractivity contribution in [2.75, 3.05) is 52.9 Å². The van der Waals surface area contributed by atoms with Gasteiger partial charge in [-0.05, 0) is 6.42 Å². The van der Waals surface area contributed by atoms with E-state index in [1.54, 1.807) is 17.0 Å². The molecule has 2 heterocycles. The number of hydrogen-bond donors (Lipinski definition) is 1.